The van der Waals surface area contributed by atoms with Crippen molar-refractivity contribution in [1.29, 1.82) is 0 Å². The molecule has 0 spiro atoms. The number of halogens is 5. The lowest BCUT2D eigenvalue weighted by Gasteiger charge is -2.07. The Hall–Kier alpha value is -0.960. The Morgan fingerprint density at radius 1 is 1.35 bits per heavy atom. The Morgan fingerprint density at radius 3 is 2.47 bits per heavy atom. The monoisotopic (exact) mass is 292 g/mol. The minimum absolute atomic E-state index is 0.319. The van der Waals surface area contributed by atoms with Crippen molar-refractivity contribution in [2.45, 2.75) is 12.1 Å². The fourth-order valence-electron chi connectivity index (χ4n) is 0.977. The first kappa shape index (κ1) is 14.1. The standard InChI is InChI=1S/C7H5ClF4N2O2S/c8-4-3(9)5(15)14(6(16)13-4)1-2-17-7(10,11)12/h1-2H2,(H,13,16). The van der Waals surface area contributed by atoms with Gasteiger partial charge in [-0.05, 0) is 11.8 Å². The number of rotatable bonds is 3. The maximum absolute atomic E-state index is 13.0. The van der Waals surface area contributed by atoms with E-state index in [1.54, 1.807) is 4.98 Å². The normalized spacial score (nSPS) is 11.8. The molecule has 1 heterocycles. The third kappa shape index (κ3) is 3.77. The highest BCUT2D eigenvalue weighted by molar-refractivity contribution is 8.00. The molecule has 17 heavy (non-hydrogen) atoms. The van der Waals surface area contributed by atoms with E-state index >= 15 is 0 Å². The third-order valence-corrected chi connectivity index (χ3v) is 2.64. The molecule has 0 atom stereocenters. The molecule has 0 unspecified atom stereocenters. The number of thioether (sulfide) groups is 1. The molecule has 1 rings (SSSR count). The van der Waals surface area contributed by atoms with E-state index in [-0.39, 0.29) is 0 Å². The Balaban J connectivity index is 2.90. The van der Waals surface area contributed by atoms with Crippen LogP contribution in [0.15, 0.2) is 9.59 Å². The molecule has 1 N–H and O–H groups in total. The lowest BCUT2D eigenvalue weighted by atomic mass is 10.5. The second-order valence-electron chi connectivity index (χ2n) is 2.81. The van der Waals surface area contributed by atoms with Crippen LogP contribution >= 0.6 is 23.4 Å². The highest BCUT2D eigenvalue weighted by Crippen LogP contribution is 2.29. The Labute approximate surface area is 101 Å². The summed E-state index contributed by atoms with van der Waals surface area (Å²) in [4.78, 5) is 24.1. The number of nitrogens with zero attached hydrogens (tertiary/aromatic N) is 1. The SMILES string of the molecule is O=c1[nH]c(Cl)c(F)c(=O)n1CCSC(F)(F)F. The summed E-state index contributed by atoms with van der Waals surface area (Å²) in [6.45, 7) is -0.563. The first-order valence-corrected chi connectivity index (χ1v) is 5.47. The van der Waals surface area contributed by atoms with Gasteiger partial charge in [0.05, 0.1) is 0 Å². The molecule has 0 bridgehead atoms. The highest BCUT2D eigenvalue weighted by Gasteiger charge is 2.27. The van der Waals surface area contributed by atoms with Crippen LogP contribution in [-0.2, 0) is 6.54 Å². The molecule has 0 saturated heterocycles. The van der Waals surface area contributed by atoms with Gasteiger partial charge in [0.25, 0.3) is 5.56 Å². The van der Waals surface area contributed by atoms with E-state index in [1.165, 1.54) is 0 Å². The average Bonchev–Trinajstić information content (AvgIpc) is 2.18. The second-order valence-corrected chi connectivity index (χ2v) is 4.35. The number of nitrogens with one attached hydrogen (secondary N) is 1. The Morgan fingerprint density at radius 2 is 1.94 bits per heavy atom. The average molecular weight is 293 g/mol. The van der Waals surface area contributed by atoms with Gasteiger partial charge in [-0.15, -0.1) is 0 Å². The number of alkyl halides is 3. The molecule has 0 radical (unpaired) electrons. The number of aromatic amines is 1. The summed E-state index contributed by atoms with van der Waals surface area (Å²) < 4.78 is 48.7. The quantitative estimate of drug-likeness (QED) is 0.680. The molecule has 10 heteroatoms. The van der Waals surface area contributed by atoms with Crippen LogP contribution < -0.4 is 11.2 Å². The smallest absolute Gasteiger partial charge is 0.295 e. The molecule has 0 saturated carbocycles. The van der Waals surface area contributed by atoms with Crippen molar-refractivity contribution >= 4 is 23.4 Å². The van der Waals surface area contributed by atoms with Crippen molar-refractivity contribution in [3.05, 3.63) is 31.8 Å². The minimum atomic E-state index is -4.47. The van der Waals surface area contributed by atoms with Crippen molar-refractivity contribution in [3.63, 3.8) is 0 Å². The second kappa shape index (κ2) is 5.13. The van der Waals surface area contributed by atoms with E-state index in [2.05, 4.69) is 0 Å². The summed E-state index contributed by atoms with van der Waals surface area (Å²) in [5.74, 6) is -1.98. The van der Waals surface area contributed by atoms with E-state index in [1.807, 2.05) is 0 Å². The molecular formula is C7H5ClF4N2O2S. The number of hydrogen-bond acceptors (Lipinski definition) is 3. The Kier molecular flexibility index (Phi) is 4.26. The minimum Gasteiger partial charge on any atom is -0.295 e. The van der Waals surface area contributed by atoms with Gasteiger partial charge in [0.2, 0.25) is 5.82 Å². The van der Waals surface area contributed by atoms with Crippen molar-refractivity contribution in [2.24, 2.45) is 0 Å². The number of aromatic nitrogens is 2. The summed E-state index contributed by atoms with van der Waals surface area (Å²) >= 11 is 4.76. The van der Waals surface area contributed by atoms with Gasteiger partial charge >= 0.3 is 11.2 Å². The van der Waals surface area contributed by atoms with E-state index in [0.29, 0.717) is 4.57 Å². The molecule has 1 aromatic heterocycles. The summed E-state index contributed by atoms with van der Waals surface area (Å²) in [7, 11) is 0. The predicted molar refractivity (Wildman–Crippen MR) is 54.8 cm³/mol. The fourth-order valence-corrected chi connectivity index (χ4v) is 1.64. The zero-order valence-electron chi connectivity index (χ0n) is 7.98. The zero-order valence-corrected chi connectivity index (χ0v) is 9.55. The molecule has 0 aliphatic heterocycles. The van der Waals surface area contributed by atoms with Crippen molar-refractivity contribution in [1.82, 2.24) is 9.55 Å². The molecule has 0 aromatic carbocycles. The lowest BCUT2D eigenvalue weighted by Crippen LogP contribution is -2.37. The van der Waals surface area contributed by atoms with Crippen LogP contribution in [0.25, 0.3) is 0 Å². The maximum atomic E-state index is 13.0. The molecule has 1 aromatic rings. The summed E-state index contributed by atoms with van der Waals surface area (Å²) in [5, 5.41) is -0.764. The summed E-state index contributed by atoms with van der Waals surface area (Å²) in [5.41, 5.74) is -6.87. The van der Waals surface area contributed by atoms with Gasteiger partial charge in [0, 0.05) is 12.3 Å². The van der Waals surface area contributed by atoms with Crippen molar-refractivity contribution < 1.29 is 17.6 Å². The number of H-pyrrole nitrogens is 1. The van der Waals surface area contributed by atoms with Gasteiger partial charge in [-0.3, -0.25) is 14.3 Å². The summed E-state index contributed by atoms with van der Waals surface area (Å²) in [6.07, 6.45) is 0. The van der Waals surface area contributed by atoms with Gasteiger partial charge in [-0.2, -0.15) is 17.6 Å². The summed E-state index contributed by atoms with van der Waals surface area (Å²) in [6, 6.07) is 0. The van der Waals surface area contributed by atoms with E-state index < -0.39 is 51.8 Å². The topological polar surface area (TPSA) is 54.9 Å². The van der Waals surface area contributed by atoms with Gasteiger partial charge in [-0.25, -0.2) is 4.79 Å². The zero-order chi connectivity index (χ0) is 13.2. The van der Waals surface area contributed by atoms with Gasteiger partial charge in [0.1, 0.15) is 0 Å². The molecule has 0 aliphatic carbocycles. The van der Waals surface area contributed by atoms with E-state index in [0.717, 1.165) is 0 Å². The van der Waals surface area contributed by atoms with E-state index in [9.17, 15) is 27.2 Å². The van der Waals surface area contributed by atoms with Crippen LogP contribution in [0.5, 0.6) is 0 Å². The van der Waals surface area contributed by atoms with Crippen molar-refractivity contribution in [2.75, 3.05) is 5.75 Å². The number of hydrogen-bond donors (Lipinski definition) is 1. The van der Waals surface area contributed by atoms with Crippen LogP contribution in [0, 0.1) is 5.82 Å². The lowest BCUT2D eigenvalue weighted by molar-refractivity contribution is -0.0328. The van der Waals surface area contributed by atoms with Crippen LogP contribution in [0.2, 0.25) is 5.15 Å². The molecule has 96 valence electrons. The highest BCUT2D eigenvalue weighted by atomic mass is 35.5. The van der Waals surface area contributed by atoms with Gasteiger partial charge in [0.15, 0.2) is 5.15 Å². The fraction of sp³-hybridized carbons (Fsp3) is 0.429. The predicted octanol–water partition coefficient (Wildman–Crippen LogP) is 1.58. The molecule has 0 fully saturated rings. The molecule has 0 aliphatic rings. The molecule has 4 nitrogen and oxygen atoms in total. The Bertz CT molecular complexity index is 524. The maximum Gasteiger partial charge on any atom is 0.441 e. The largest absolute Gasteiger partial charge is 0.441 e. The molecular weight excluding hydrogens is 288 g/mol. The van der Waals surface area contributed by atoms with Crippen LogP contribution in [0.1, 0.15) is 0 Å². The van der Waals surface area contributed by atoms with Gasteiger partial charge < -0.3 is 0 Å². The van der Waals surface area contributed by atoms with Crippen LogP contribution in [-0.4, -0.2) is 20.8 Å². The van der Waals surface area contributed by atoms with E-state index in [4.69, 9.17) is 11.6 Å². The van der Waals surface area contributed by atoms with Crippen LogP contribution in [0.4, 0.5) is 17.6 Å². The first-order chi connectivity index (χ1) is 7.72. The van der Waals surface area contributed by atoms with Crippen LogP contribution in [0.3, 0.4) is 0 Å². The first-order valence-electron chi connectivity index (χ1n) is 4.11. The van der Waals surface area contributed by atoms with Crippen molar-refractivity contribution in [3.8, 4) is 0 Å². The third-order valence-electron chi connectivity index (χ3n) is 1.67. The molecule has 0 amide bonds. The van der Waals surface area contributed by atoms with Gasteiger partial charge in [-0.1, -0.05) is 11.6 Å².